The molecule has 1 unspecified atom stereocenters. The molecule has 0 aromatic heterocycles. The van der Waals surface area contributed by atoms with E-state index in [0.29, 0.717) is 40.7 Å². The van der Waals surface area contributed by atoms with E-state index in [0.717, 1.165) is 23.8 Å². The Bertz CT molecular complexity index is 1260. The zero-order valence-corrected chi connectivity index (χ0v) is 22.6. The Labute approximate surface area is 229 Å². The Balaban J connectivity index is 1.25. The first-order valence-electron chi connectivity index (χ1n) is 13.3. The summed E-state index contributed by atoms with van der Waals surface area (Å²) in [6, 6.07) is 13.3. The molecule has 3 aliphatic rings. The Morgan fingerprint density at radius 1 is 1.03 bits per heavy atom. The first-order chi connectivity index (χ1) is 18.6. The van der Waals surface area contributed by atoms with Crippen LogP contribution in [0.2, 0.25) is 0 Å². The molecule has 2 aromatic carbocycles. The summed E-state index contributed by atoms with van der Waals surface area (Å²) in [6.45, 7) is 7.20. The van der Waals surface area contributed by atoms with E-state index in [1.54, 1.807) is 24.3 Å². The minimum absolute atomic E-state index is 0.0570. The van der Waals surface area contributed by atoms with Gasteiger partial charge in [0.2, 0.25) is 5.91 Å². The fourth-order valence-electron chi connectivity index (χ4n) is 5.89. The van der Waals surface area contributed by atoms with E-state index in [1.807, 2.05) is 24.3 Å². The topological polar surface area (TPSA) is 146 Å². The van der Waals surface area contributed by atoms with Crippen LogP contribution < -0.4 is 27.2 Å². The number of hydrogen-bond acceptors (Lipinski definition) is 6. The van der Waals surface area contributed by atoms with Gasteiger partial charge in [0.05, 0.1) is 6.54 Å². The molecule has 2 bridgehead atoms. The summed E-state index contributed by atoms with van der Waals surface area (Å²) in [5.74, 6) is 6.84. The lowest BCUT2D eigenvalue weighted by atomic mass is 9.45. The molecule has 2 aromatic rings. The van der Waals surface area contributed by atoms with E-state index >= 15 is 0 Å². The summed E-state index contributed by atoms with van der Waals surface area (Å²) in [4.78, 5) is 36.3. The van der Waals surface area contributed by atoms with Gasteiger partial charge in [0.15, 0.2) is 0 Å². The molecule has 0 saturated heterocycles. The van der Waals surface area contributed by atoms with Crippen molar-refractivity contribution in [2.45, 2.75) is 45.7 Å². The molecule has 0 spiro atoms. The number of hydroxylamine groups is 1. The number of nitrogens with two attached hydrogens (primary N) is 1. The molecule has 3 saturated carbocycles. The lowest BCUT2D eigenvalue weighted by Crippen LogP contribution is -2.60. The number of carbonyl (C=O) groups is 3. The highest BCUT2D eigenvalue weighted by atomic mass is 16.5. The van der Waals surface area contributed by atoms with Crippen molar-refractivity contribution in [2.75, 3.05) is 18.4 Å². The molecule has 5 rings (SSSR count). The van der Waals surface area contributed by atoms with Crippen LogP contribution in [0.5, 0.6) is 0 Å². The number of benzene rings is 2. The van der Waals surface area contributed by atoms with Gasteiger partial charge in [-0.25, -0.2) is 5.48 Å². The summed E-state index contributed by atoms with van der Waals surface area (Å²) in [7, 11) is 0. The van der Waals surface area contributed by atoms with Crippen LogP contribution in [0.15, 0.2) is 48.5 Å². The molecular weight excluding hydrogens is 494 g/mol. The van der Waals surface area contributed by atoms with Gasteiger partial charge in [-0.05, 0) is 84.5 Å². The van der Waals surface area contributed by atoms with Crippen LogP contribution in [0.4, 0.5) is 5.69 Å². The second kappa shape index (κ2) is 12.0. The Kier molecular flexibility index (Phi) is 8.70. The predicted molar refractivity (Wildman–Crippen MR) is 149 cm³/mol. The molecule has 39 heavy (non-hydrogen) atoms. The summed E-state index contributed by atoms with van der Waals surface area (Å²) < 4.78 is 0. The second-order valence-electron chi connectivity index (χ2n) is 11.1. The second-order valence-corrected chi connectivity index (χ2v) is 11.1. The van der Waals surface area contributed by atoms with Gasteiger partial charge in [0.1, 0.15) is 6.04 Å². The van der Waals surface area contributed by atoms with Crippen molar-refractivity contribution in [3.63, 3.8) is 0 Å². The van der Waals surface area contributed by atoms with E-state index in [9.17, 15) is 14.4 Å². The number of fused-ring (bicyclic) bond motifs is 2. The monoisotopic (exact) mass is 531 g/mol. The van der Waals surface area contributed by atoms with Crippen LogP contribution in [-0.2, 0) is 9.59 Å². The molecule has 0 heterocycles. The minimum atomic E-state index is -1.04. The van der Waals surface area contributed by atoms with Crippen molar-refractivity contribution in [3.8, 4) is 11.8 Å². The molecule has 5 atom stereocenters. The van der Waals surface area contributed by atoms with Crippen molar-refractivity contribution < 1.29 is 19.6 Å². The Morgan fingerprint density at radius 2 is 1.64 bits per heavy atom. The first kappa shape index (κ1) is 28.3. The summed E-state index contributed by atoms with van der Waals surface area (Å²) in [5, 5.41) is 17.6. The fourth-order valence-corrected chi connectivity index (χ4v) is 5.89. The highest BCUT2D eigenvalue weighted by molar-refractivity contribution is 5.97. The van der Waals surface area contributed by atoms with Crippen LogP contribution in [0.25, 0.3) is 0 Å². The van der Waals surface area contributed by atoms with E-state index in [4.69, 9.17) is 10.9 Å². The molecule has 206 valence electrons. The summed E-state index contributed by atoms with van der Waals surface area (Å²) in [6.07, 6.45) is 2.46. The fraction of sp³-hybridized carbons (Fsp3) is 0.433. The zero-order chi connectivity index (χ0) is 28.2. The van der Waals surface area contributed by atoms with Crippen LogP contribution in [-0.4, -0.2) is 48.1 Å². The molecule has 3 aliphatic carbocycles. The zero-order valence-electron chi connectivity index (χ0n) is 22.6. The third kappa shape index (κ3) is 6.48. The third-order valence-corrected chi connectivity index (χ3v) is 8.51. The van der Waals surface area contributed by atoms with Crippen LogP contribution in [0.3, 0.4) is 0 Å². The number of amides is 3. The largest absolute Gasteiger partial charge is 0.339 e. The summed E-state index contributed by atoms with van der Waals surface area (Å²) >= 11 is 0. The normalized spacial score (nSPS) is 23.3. The number of carbonyl (C=O) groups excluding carboxylic acids is 3. The van der Waals surface area contributed by atoms with Crippen LogP contribution in [0, 0.1) is 35.0 Å². The highest BCUT2D eigenvalue weighted by Crippen LogP contribution is 2.61. The smallest absolute Gasteiger partial charge is 0.267 e. The van der Waals surface area contributed by atoms with Gasteiger partial charge >= 0.3 is 0 Å². The van der Waals surface area contributed by atoms with Crippen LogP contribution >= 0.6 is 0 Å². The van der Waals surface area contributed by atoms with Gasteiger partial charge in [0, 0.05) is 35.0 Å². The standard InChI is InChI=1S/C30H37N5O4/c1-18-24-14-22(30(24,2)3)15-25(18)32-17-27(36)33-23-12-8-20(9-13-23)5-4-19-6-10-21(11-7-19)28(37)34-26(16-31)29(38)35-39/h6-13,18,22,24-26,32,39H,14-17,31H2,1-3H3,(H,33,36)(H,34,37)(H,35,38)/t18-,22?,24-,25+,26-/m0/s1. The van der Waals surface area contributed by atoms with Crippen molar-refractivity contribution >= 4 is 23.4 Å². The molecular formula is C30H37N5O4. The average molecular weight is 532 g/mol. The van der Waals surface area contributed by atoms with Crippen molar-refractivity contribution in [1.29, 1.82) is 0 Å². The predicted octanol–water partition coefficient (Wildman–Crippen LogP) is 2.25. The van der Waals surface area contributed by atoms with E-state index < -0.39 is 17.9 Å². The number of rotatable bonds is 8. The lowest BCUT2D eigenvalue weighted by molar-refractivity contribution is -0.130. The van der Waals surface area contributed by atoms with Crippen molar-refractivity contribution in [2.24, 2.45) is 28.9 Å². The Hall–Kier alpha value is -3.71. The quantitative estimate of drug-likeness (QED) is 0.175. The molecule has 3 amide bonds. The van der Waals surface area contributed by atoms with Crippen LogP contribution in [0.1, 0.15) is 55.1 Å². The van der Waals surface area contributed by atoms with E-state index in [1.165, 1.54) is 11.9 Å². The molecule has 9 heteroatoms. The number of anilines is 1. The maximum absolute atomic E-state index is 12.5. The maximum Gasteiger partial charge on any atom is 0.267 e. The van der Waals surface area contributed by atoms with Gasteiger partial charge in [-0.1, -0.05) is 32.6 Å². The van der Waals surface area contributed by atoms with E-state index in [-0.39, 0.29) is 12.5 Å². The van der Waals surface area contributed by atoms with Crippen molar-refractivity contribution in [1.82, 2.24) is 16.1 Å². The van der Waals surface area contributed by atoms with Gasteiger partial charge in [-0.15, -0.1) is 0 Å². The molecule has 0 aliphatic heterocycles. The Morgan fingerprint density at radius 3 is 2.18 bits per heavy atom. The molecule has 0 radical (unpaired) electrons. The van der Waals surface area contributed by atoms with Crippen molar-refractivity contribution in [3.05, 3.63) is 65.2 Å². The number of nitrogens with one attached hydrogen (secondary N) is 4. The minimum Gasteiger partial charge on any atom is -0.339 e. The number of hydrogen-bond donors (Lipinski definition) is 6. The van der Waals surface area contributed by atoms with Gasteiger partial charge in [-0.3, -0.25) is 19.6 Å². The maximum atomic E-state index is 12.5. The van der Waals surface area contributed by atoms with Gasteiger partial charge in [0.25, 0.3) is 11.8 Å². The first-order valence-corrected chi connectivity index (χ1v) is 13.3. The van der Waals surface area contributed by atoms with Gasteiger partial charge < -0.3 is 21.7 Å². The third-order valence-electron chi connectivity index (χ3n) is 8.51. The van der Waals surface area contributed by atoms with Gasteiger partial charge in [-0.2, -0.15) is 0 Å². The molecule has 3 fully saturated rings. The SMILES string of the molecule is C[C@@H]1[C@H](NCC(=O)Nc2ccc(C#Cc3ccc(C(=O)N[C@@H](CN)C(=O)NO)cc3)cc2)CC2C[C@@H]1C2(C)C. The molecule has 9 nitrogen and oxygen atoms in total. The summed E-state index contributed by atoms with van der Waals surface area (Å²) in [5.41, 5.74) is 9.90. The highest BCUT2D eigenvalue weighted by Gasteiger charge is 2.56. The molecule has 7 N–H and O–H groups in total. The average Bonchev–Trinajstić information content (AvgIpc) is 2.94. The lowest BCUT2D eigenvalue weighted by Gasteiger charge is -2.62. The van der Waals surface area contributed by atoms with E-state index in [2.05, 4.69) is 48.6 Å².